The number of rotatable bonds is 10. The summed E-state index contributed by atoms with van der Waals surface area (Å²) >= 11 is 0. The smallest absolute Gasteiger partial charge is 0.412 e. The van der Waals surface area contributed by atoms with Gasteiger partial charge in [0, 0.05) is 12.3 Å². The lowest BCUT2D eigenvalue weighted by atomic mass is 10.3. The van der Waals surface area contributed by atoms with Crippen molar-refractivity contribution in [3.63, 3.8) is 0 Å². The highest BCUT2D eigenvalue weighted by Gasteiger charge is 2.15. The van der Waals surface area contributed by atoms with Crippen LogP contribution in [0.2, 0.25) is 0 Å². The van der Waals surface area contributed by atoms with Crippen LogP contribution in [0.5, 0.6) is 17.2 Å². The molecular formula is C16H20N2O4S2. The number of allylic oxidation sites excluding steroid dienone is 2. The van der Waals surface area contributed by atoms with Gasteiger partial charge in [-0.25, -0.2) is 4.79 Å². The number of methoxy groups -OCH3 is 2. The van der Waals surface area contributed by atoms with E-state index in [0.29, 0.717) is 23.8 Å². The first-order valence-electron chi connectivity index (χ1n) is 6.91. The van der Waals surface area contributed by atoms with Crippen molar-refractivity contribution in [1.29, 1.82) is 0 Å². The van der Waals surface area contributed by atoms with Crippen molar-refractivity contribution >= 4 is 34.4 Å². The second-order valence-corrected chi connectivity index (χ2v) is 6.55. The van der Waals surface area contributed by atoms with E-state index in [9.17, 15) is 4.79 Å². The van der Waals surface area contributed by atoms with Gasteiger partial charge in [0.2, 0.25) is 5.75 Å². The molecule has 0 heterocycles. The second-order valence-electron chi connectivity index (χ2n) is 4.11. The van der Waals surface area contributed by atoms with Crippen molar-refractivity contribution < 1.29 is 19.0 Å². The maximum absolute atomic E-state index is 11.9. The summed E-state index contributed by atoms with van der Waals surface area (Å²) in [6.45, 7) is 7.51. The average molecular weight is 368 g/mol. The van der Waals surface area contributed by atoms with Gasteiger partial charge in [-0.2, -0.15) is 0 Å². The standard InChI is InChI=1S/C16H20N2O4S2/c1-5-7-14(17-2)24-23-11-10-18-16(19)22-15-12(20-3)8-6-9-13(15)21-4/h5-9H,1-2,10-11H2,3-4H3,(H,18,19)/b14-7+. The van der Waals surface area contributed by atoms with Gasteiger partial charge < -0.3 is 19.5 Å². The van der Waals surface area contributed by atoms with E-state index < -0.39 is 6.09 Å². The number of nitrogens with zero attached hydrogens (tertiary/aromatic N) is 1. The third-order valence-corrected chi connectivity index (χ3v) is 4.88. The Morgan fingerprint density at radius 3 is 2.54 bits per heavy atom. The van der Waals surface area contributed by atoms with Crippen LogP contribution in [-0.2, 0) is 0 Å². The topological polar surface area (TPSA) is 69.2 Å². The Kier molecular flexibility index (Phi) is 9.55. The molecule has 1 N–H and O–H groups in total. The van der Waals surface area contributed by atoms with Crippen molar-refractivity contribution in [3.05, 3.63) is 42.0 Å². The van der Waals surface area contributed by atoms with E-state index in [-0.39, 0.29) is 5.75 Å². The quantitative estimate of drug-likeness (QED) is 0.292. The summed E-state index contributed by atoms with van der Waals surface area (Å²) < 4.78 is 15.6. The molecule has 0 aliphatic carbocycles. The van der Waals surface area contributed by atoms with E-state index in [0.717, 1.165) is 5.03 Å². The Morgan fingerprint density at radius 2 is 2.00 bits per heavy atom. The fourth-order valence-corrected chi connectivity index (χ4v) is 3.33. The molecule has 130 valence electrons. The second kappa shape index (κ2) is 11.5. The van der Waals surface area contributed by atoms with Gasteiger partial charge in [0.25, 0.3) is 0 Å². The van der Waals surface area contributed by atoms with Crippen LogP contribution >= 0.6 is 21.6 Å². The summed E-state index contributed by atoms with van der Waals surface area (Å²) in [6.07, 6.45) is 2.83. The number of carbonyl (C=O) groups excluding carboxylic acids is 1. The zero-order chi connectivity index (χ0) is 17.8. The Hall–Kier alpha value is -2.06. The molecule has 0 aromatic heterocycles. The number of hydrogen-bond acceptors (Lipinski definition) is 7. The van der Waals surface area contributed by atoms with Crippen molar-refractivity contribution in [2.75, 3.05) is 26.5 Å². The zero-order valence-corrected chi connectivity index (χ0v) is 15.2. The maximum Gasteiger partial charge on any atom is 0.412 e. The third kappa shape index (κ3) is 6.59. The number of carbonyl (C=O) groups is 1. The molecule has 0 saturated carbocycles. The first-order chi connectivity index (χ1) is 11.7. The SMILES string of the molecule is C=C/C=C(\N=C)SSCCNC(=O)Oc1c(OC)cccc1OC. The van der Waals surface area contributed by atoms with Crippen LogP contribution in [0.25, 0.3) is 0 Å². The summed E-state index contributed by atoms with van der Waals surface area (Å²) in [6, 6.07) is 5.12. The van der Waals surface area contributed by atoms with Crippen LogP contribution in [0, 0.1) is 0 Å². The first-order valence-corrected chi connectivity index (χ1v) is 9.23. The van der Waals surface area contributed by atoms with Crippen molar-refractivity contribution in [3.8, 4) is 17.2 Å². The minimum atomic E-state index is -0.577. The number of ether oxygens (including phenoxy) is 3. The summed E-state index contributed by atoms with van der Waals surface area (Å²) in [5.41, 5.74) is 0. The van der Waals surface area contributed by atoms with Crippen molar-refractivity contribution in [2.45, 2.75) is 0 Å². The van der Waals surface area contributed by atoms with E-state index in [1.807, 2.05) is 0 Å². The predicted molar refractivity (Wildman–Crippen MR) is 101 cm³/mol. The van der Waals surface area contributed by atoms with E-state index in [2.05, 4.69) is 23.6 Å². The highest BCUT2D eigenvalue weighted by Crippen LogP contribution is 2.36. The summed E-state index contributed by atoms with van der Waals surface area (Å²) in [5, 5.41) is 3.43. The van der Waals surface area contributed by atoms with Crippen LogP contribution in [0.3, 0.4) is 0 Å². The zero-order valence-electron chi connectivity index (χ0n) is 13.6. The minimum absolute atomic E-state index is 0.245. The van der Waals surface area contributed by atoms with Crippen LogP contribution in [0.15, 0.2) is 47.0 Å². The minimum Gasteiger partial charge on any atom is -0.493 e. The first kappa shape index (κ1) is 20.0. The van der Waals surface area contributed by atoms with Gasteiger partial charge in [0.1, 0.15) is 5.03 Å². The van der Waals surface area contributed by atoms with Crippen LogP contribution < -0.4 is 19.5 Å². The molecule has 0 radical (unpaired) electrons. The molecule has 1 aromatic carbocycles. The Balaban J connectivity index is 2.44. The van der Waals surface area contributed by atoms with E-state index >= 15 is 0 Å². The van der Waals surface area contributed by atoms with Gasteiger partial charge in [0.15, 0.2) is 11.5 Å². The van der Waals surface area contributed by atoms with Crippen molar-refractivity contribution in [2.24, 2.45) is 4.99 Å². The molecule has 6 nitrogen and oxygen atoms in total. The highest BCUT2D eigenvalue weighted by atomic mass is 33.1. The van der Waals surface area contributed by atoms with Gasteiger partial charge in [-0.05, 0) is 35.7 Å². The molecule has 1 aromatic rings. The van der Waals surface area contributed by atoms with Gasteiger partial charge in [-0.3, -0.25) is 4.99 Å². The van der Waals surface area contributed by atoms with E-state index in [4.69, 9.17) is 14.2 Å². The van der Waals surface area contributed by atoms with E-state index in [1.165, 1.54) is 35.8 Å². The molecule has 8 heteroatoms. The van der Waals surface area contributed by atoms with Gasteiger partial charge in [0.05, 0.1) is 14.2 Å². The molecule has 1 rings (SSSR count). The molecule has 0 aliphatic rings. The molecule has 0 fully saturated rings. The Morgan fingerprint density at radius 1 is 1.33 bits per heavy atom. The van der Waals surface area contributed by atoms with Gasteiger partial charge in [-0.1, -0.05) is 29.5 Å². The fraction of sp³-hybridized carbons (Fsp3) is 0.250. The molecule has 0 aliphatic heterocycles. The number of aliphatic imine (C=N–C) groups is 1. The van der Waals surface area contributed by atoms with Crippen LogP contribution in [-0.4, -0.2) is 39.3 Å². The van der Waals surface area contributed by atoms with Gasteiger partial charge in [-0.15, -0.1) is 0 Å². The fourth-order valence-electron chi connectivity index (χ4n) is 1.55. The largest absolute Gasteiger partial charge is 0.493 e. The molecule has 0 spiro atoms. The molecule has 0 atom stereocenters. The summed E-state index contributed by atoms with van der Waals surface area (Å²) in [4.78, 5) is 15.7. The molecule has 0 unspecified atom stereocenters. The predicted octanol–water partition coefficient (Wildman–Crippen LogP) is 3.90. The van der Waals surface area contributed by atoms with Crippen molar-refractivity contribution in [1.82, 2.24) is 5.32 Å². The van der Waals surface area contributed by atoms with Gasteiger partial charge >= 0.3 is 6.09 Å². The lowest BCUT2D eigenvalue weighted by Gasteiger charge is -2.13. The third-order valence-electron chi connectivity index (χ3n) is 2.59. The highest BCUT2D eigenvalue weighted by molar-refractivity contribution is 8.78. The van der Waals surface area contributed by atoms with Crippen LogP contribution in [0.4, 0.5) is 4.79 Å². The number of benzene rings is 1. The number of hydrogen-bond donors (Lipinski definition) is 1. The number of nitrogens with one attached hydrogen (secondary N) is 1. The maximum atomic E-state index is 11.9. The summed E-state index contributed by atoms with van der Waals surface area (Å²) in [5.74, 6) is 1.76. The monoisotopic (exact) mass is 368 g/mol. The Labute approximate surface area is 149 Å². The lowest BCUT2D eigenvalue weighted by Crippen LogP contribution is -2.29. The normalized spacial score (nSPS) is 10.7. The molecule has 1 amide bonds. The Bertz CT molecular complexity index is 583. The molecular weight excluding hydrogens is 348 g/mol. The summed E-state index contributed by atoms with van der Waals surface area (Å²) in [7, 11) is 5.99. The van der Waals surface area contributed by atoms with Crippen LogP contribution in [0.1, 0.15) is 0 Å². The van der Waals surface area contributed by atoms with E-state index in [1.54, 1.807) is 30.4 Å². The molecule has 24 heavy (non-hydrogen) atoms. The number of para-hydroxylation sites is 1. The molecule has 0 saturated heterocycles. The lowest BCUT2D eigenvalue weighted by molar-refractivity contribution is 0.196. The number of amides is 1. The molecule has 0 bridgehead atoms. The average Bonchev–Trinajstić information content (AvgIpc) is 2.60.